The van der Waals surface area contributed by atoms with Crippen LogP contribution in [-0.4, -0.2) is 30.5 Å². The molecule has 0 bridgehead atoms. The smallest absolute Gasteiger partial charge is 0.404 e. The highest BCUT2D eigenvalue weighted by Gasteiger charge is 2.15. The van der Waals surface area contributed by atoms with Gasteiger partial charge in [-0.25, -0.2) is 9.59 Å². The minimum Gasteiger partial charge on any atom is -0.508 e. The lowest BCUT2D eigenvalue weighted by molar-refractivity contribution is 0.116. The number of phenols is 1. The Hall–Kier alpha value is -2.44. The van der Waals surface area contributed by atoms with E-state index in [0.717, 1.165) is 5.56 Å². The number of hydrogen-bond acceptors (Lipinski definition) is 5. The van der Waals surface area contributed by atoms with Crippen LogP contribution in [0.2, 0.25) is 0 Å². The Morgan fingerprint density at radius 1 is 1.06 bits per heavy atom. The van der Waals surface area contributed by atoms with Crippen LogP contribution in [0.4, 0.5) is 9.59 Å². The molecule has 5 N–H and O–H groups in total. The summed E-state index contributed by atoms with van der Waals surface area (Å²) >= 11 is 0. The van der Waals surface area contributed by atoms with Crippen molar-refractivity contribution < 1.29 is 24.2 Å². The summed E-state index contributed by atoms with van der Waals surface area (Å²) in [6.45, 7) is -0.0965. The molecule has 0 aliphatic carbocycles. The number of ether oxygens (including phenoxy) is 2. The molecule has 0 saturated heterocycles. The number of carbonyl (C=O) groups excluding carboxylic acids is 2. The van der Waals surface area contributed by atoms with Crippen LogP contribution in [0.5, 0.6) is 5.75 Å². The molecular formula is C11H14N2O5. The van der Waals surface area contributed by atoms with Crippen molar-refractivity contribution in [2.45, 2.75) is 5.92 Å². The first-order valence-electron chi connectivity index (χ1n) is 5.12. The van der Waals surface area contributed by atoms with Gasteiger partial charge in [0.25, 0.3) is 0 Å². The molecule has 0 aromatic heterocycles. The number of phenolic OH excluding ortho intramolecular Hbond substituents is 1. The fourth-order valence-electron chi connectivity index (χ4n) is 1.35. The lowest BCUT2D eigenvalue weighted by Gasteiger charge is -2.16. The highest BCUT2D eigenvalue weighted by molar-refractivity contribution is 5.65. The van der Waals surface area contributed by atoms with Gasteiger partial charge in [-0.3, -0.25) is 0 Å². The zero-order chi connectivity index (χ0) is 13.5. The molecule has 18 heavy (non-hydrogen) atoms. The van der Waals surface area contributed by atoms with Crippen LogP contribution in [0, 0.1) is 0 Å². The van der Waals surface area contributed by atoms with Gasteiger partial charge in [-0.05, 0) is 17.7 Å². The molecule has 0 aliphatic rings. The van der Waals surface area contributed by atoms with Gasteiger partial charge in [0.2, 0.25) is 0 Å². The maximum Gasteiger partial charge on any atom is 0.404 e. The molecule has 0 heterocycles. The monoisotopic (exact) mass is 254 g/mol. The van der Waals surface area contributed by atoms with E-state index >= 15 is 0 Å². The van der Waals surface area contributed by atoms with Gasteiger partial charge in [0.15, 0.2) is 0 Å². The summed E-state index contributed by atoms with van der Waals surface area (Å²) in [4.78, 5) is 21.1. The zero-order valence-corrected chi connectivity index (χ0v) is 9.54. The molecular weight excluding hydrogens is 240 g/mol. The maximum atomic E-state index is 10.6. The Balaban J connectivity index is 2.71. The molecule has 1 aromatic carbocycles. The van der Waals surface area contributed by atoms with Crippen molar-refractivity contribution in [2.24, 2.45) is 11.5 Å². The Bertz CT molecular complexity index is 400. The molecule has 1 rings (SSSR count). The molecule has 0 fully saturated rings. The van der Waals surface area contributed by atoms with Crippen molar-refractivity contribution in [2.75, 3.05) is 13.2 Å². The van der Waals surface area contributed by atoms with Gasteiger partial charge in [-0.2, -0.15) is 0 Å². The van der Waals surface area contributed by atoms with Crippen molar-refractivity contribution >= 4 is 12.2 Å². The maximum absolute atomic E-state index is 10.6. The van der Waals surface area contributed by atoms with Crippen LogP contribution < -0.4 is 11.5 Å². The van der Waals surface area contributed by atoms with Gasteiger partial charge < -0.3 is 26.0 Å². The third-order valence-electron chi connectivity index (χ3n) is 2.22. The topological polar surface area (TPSA) is 125 Å². The van der Waals surface area contributed by atoms with E-state index in [1.54, 1.807) is 12.1 Å². The van der Waals surface area contributed by atoms with Crippen LogP contribution in [0.25, 0.3) is 0 Å². The molecule has 0 radical (unpaired) electrons. The molecule has 0 spiro atoms. The highest BCUT2D eigenvalue weighted by Crippen LogP contribution is 2.19. The van der Waals surface area contributed by atoms with Gasteiger partial charge in [-0.1, -0.05) is 12.1 Å². The van der Waals surface area contributed by atoms with Crippen LogP contribution >= 0.6 is 0 Å². The van der Waals surface area contributed by atoms with Crippen molar-refractivity contribution in [3.63, 3.8) is 0 Å². The number of rotatable bonds is 5. The van der Waals surface area contributed by atoms with E-state index in [4.69, 9.17) is 16.6 Å². The fraction of sp³-hybridized carbons (Fsp3) is 0.273. The van der Waals surface area contributed by atoms with Crippen molar-refractivity contribution in [3.8, 4) is 5.75 Å². The second-order valence-corrected chi connectivity index (χ2v) is 3.55. The SMILES string of the molecule is NC(=O)OCC(COC(N)=O)c1ccc(O)cc1. The molecule has 2 amide bonds. The summed E-state index contributed by atoms with van der Waals surface area (Å²) in [5.74, 6) is -0.297. The molecule has 0 unspecified atom stereocenters. The van der Waals surface area contributed by atoms with E-state index in [9.17, 15) is 9.59 Å². The summed E-state index contributed by atoms with van der Waals surface area (Å²) in [5, 5.41) is 9.16. The summed E-state index contributed by atoms with van der Waals surface area (Å²) < 4.78 is 9.33. The van der Waals surface area contributed by atoms with E-state index in [0.29, 0.717) is 0 Å². The Morgan fingerprint density at radius 2 is 1.50 bits per heavy atom. The summed E-state index contributed by atoms with van der Waals surface area (Å²) in [5.41, 5.74) is 10.4. The molecule has 98 valence electrons. The second-order valence-electron chi connectivity index (χ2n) is 3.55. The molecule has 0 saturated carbocycles. The van der Waals surface area contributed by atoms with E-state index < -0.39 is 18.1 Å². The standard InChI is InChI=1S/C11H14N2O5/c12-10(15)17-5-8(6-18-11(13)16)7-1-3-9(14)4-2-7/h1-4,8,14H,5-6H2,(H2,12,15)(H2,13,16). The normalized spacial score (nSPS) is 10.1. The largest absolute Gasteiger partial charge is 0.508 e. The lowest BCUT2D eigenvalue weighted by atomic mass is 10.0. The van der Waals surface area contributed by atoms with Gasteiger partial charge in [0.05, 0.1) is 5.92 Å². The van der Waals surface area contributed by atoms with Crippen LogP contribution in [-0.2, 0) is 9.47 Å². The number of aromatic hydroxyl groups is 1. The Kier molecular flexibility index (Phi) is 4.79. The van der Waals surface area contributed by atoms with E-state index in [-0.39, 0.29) is 19.0 Å². The average Bonchev–Trinajstić information content (AvgIpc) is 2.30. The van der Waals surface area contributed by atoms with Crippen molar-refractivity contribution in [3.05, 3.63) is 29.8 Å². The molecule has 0 atom stereocenters. The first-order valence-corrected chi connectivity index (χ1v) is 5.12. The fourth-order valence-corrected chi connectivity index (χ4v) is 1.35. The molecule has 0 aliphatic heterocycles. The average molecular weight is 254 g/mol. The predicted octanol–water partition coefficient (Wildman–Crippen LogP) is 0.666. The predicted molar refractivity (Wildman–Crippen MR) is 61.9 cm³/mol. The molecule has 1 aromatic rings. The number of carbonyl (C=O) groups is 2. The minimum absolute atomic E-state index is 0.0482. The van der Waals surface area contributed by atoms with Gasteiger partial charge in [0, 0.05) is 0 Å². The Morgan fingerprint density at radius 3 is 1.89 bits per heavy atom. The summed E-state index contributed by atoms with van der Waals surface area (Å²) in [6.07, 6.45) is -1.84. The second kappa shape index (κ2) is 6.33. The zero-order valence-electron chi connectivity index (χ0n) is 9.54. The summed E-state index contributed by atoms with van der Waals surface area (Å²) in [7, 11) is 0. The van der Waals surface area contributed by atoms with Crippen LogP contribution in [0.1, 0.15) is 11.5 Å². The van der Waals surface area contributed by atoms with Crippen LogP contribution in [0.15, 0.2) is 24.3 Å². The number of amides is 2. The molecule has 7 nitrogen and oxygen atoms in total. The lowest BCUT2D eigenvalue weighted by Crippen LogP contribution is -2.23. The minimum atomic E-state index is -0.919. The van der Waals surface area contributed by atoms with Crippen molar-refractivity contribution in [1.82, 2.24) is 0 Å². The van der Waals surface area contributed by atoms with Crippen molar-refractivity contribution in [1.29, 1.82) is 0 Å². The van der Waals surface area contributed by atoms with Gasteiger partial charge in [-0.15, -0.1) is 0 Å². The first-order chi connectivity index (χ1) is 8.49. The highest BCUT2D eigenvalue weighted by atomic mass is 16.6. The third kappa shape index (κ3) is 4.60. The van der Waals surface area contributed by atoms with Gasteiger partial charge >= 0.3 is 12.2 Å². The summed E-state index contributed by atoms with van der Waals surface area (Å²) in [6, 6.07) is 6.18. The molecule has 7 heteroatoms. The quantitative estimate of drug-likeness (QED) is 0.712. The number of nitrogens with two attached hydrogens (primary N) is 2. The number of hydrogen-bond donors (Lipinski definition) is 3. The van der Waals surface area contributed by atoms with E-state index in [2.05, 4.69) is 9.47 Å². The first kappa shape index (κ1) is 13.6. The van der Waals surface area contributed by atoms with Crippen LogP contribution in [0.3, 0.4) is 0 Å². The van der Waals surface area contributed by atoms with E-state index in [1.807, 2.05) is 0 Å². The Labute approximate surface area is 103 Å². The number of primary amides is 2. The number of benzene rings is 1. The van der Waals surface area contributed by atoms with Gasteiger partial charge in [0.1, 0.15) is 19.0 Å². The van der Waals surface area contributed by atoms with E-state index in [1.165, 1.54) is 12.1 Å². The third-order valence-corrected chi connectivity index (χ3v) is 2.22.